The molecule has 136 valence electrons. The van der Waals surface area contributed by atoms with E-state index in [0.717, 1.165) is 31.6 Å². The minimum Gasteiger partial charge on any atom is -0.495 e. The van der Waals surface area contributed by atoms with Gasteiger partial charge in [0.1, 0.15) is 11.6 Å². The number of benzene rings is 1. The van der Waals surface area contributed by atoms with Gasteiger partial charge in [-0.2, -0.15) is 0 Å². The maximum atomic E-state index is 12.7. The minimum absolute atomic E-state index is 0.201. The van der Waals surface area contributed by atoms with E-state index in [0.29, 0.717) is 36.0 Å². The van der Waals surface area contributed by atoms with Gasteiger partial charge in [-0.05, 0) is 31.0 Å². The van der Waals surface area contributed by atoms with Crippen LogP contribution in [-0.2, 0) is 13.0 Å². The maximum Gasteiger partial charge on any atom is 0.322 e. The highest BCUT2D eigenvalue weighted by molar-refractivity contribution is 6.05. The van der Waals surface area contributed by atoms with E-state index in [1.54, 1.807) is 23.1 Å². The first-order valence-electron chi connectivity index (χ1n) is 8.64. The number of hydrogen-bond donors (Lipinski definition) is 2. The normalized spacial score (nSPS) is 16.2. The molecule has 1 fully saturated rings. The highest BCUT2D eigenvalue weighted by Gasteiger charge is 2.25. The Hall–Kier alpha value is -3.10. The Morgan fingerprint density at radius 3 is 2.92 bits per heavy atom. The summed E-state index contributed by atoms with van der Waals surface area (Å²) in [6.45, 7) is 1.89. The van der Waals surface area contributed by atoms with Crippen LogP contribution in [0, 0.1) is 0 Å². The number of fused-ring (bicyclic) bond motifs is 1. The van der Waals surface area contributed by atoms with Crippen LogP contribution >= 0.6 is 0 Å². The van der Waals surface area contributed by atoms with Gasteiger partial charge in [0.2, 0.25) is 5.95 Å². The van der Waals surface area contributed by atoms with Crippen molar-refractivity contribution in [1.82, 2.24) is 20.1 Å². The molecular formula is C17H20N6O3. The average molecular weight is 356 g/mol. The smallest absolute Gasteiger partial charge is 0.322 e. The van der Waals surface area contributed by atoms with Gasteiger partial charge in [-0.1, -0.05) is 0 Å². The molecule has 0 unspecified atom stereocenters. The monoisotopic (exact) mass is 356 g/mol. The second kappa shape index (κ2) is 6.66. The number of urea groups is 1. The summed E-state index contributed by atoms with van der Waals surface area (Å²) < 4.78 is 7.29. The molecule has 2 aliphatic rings. The first kappa shape index (κ1) is 16.4. The summed E-state index contributed by atoms with van der Waals surface area (Å²) in [5, 5.41) is 13.8. The predicted octanol–water partition coefficient (Wildman–Crippen LogP) is 1.40. The molecule has 2 aromatic rings. The molecule has 0 atom stereocenters. The van der Waals surface area contributed by atoms with Crippen LogP contribution in [-0.4, -0.2) is 46.9 Å². The number of amides is 3. The van der Waals surface area contributed by atoms with E-state index >= 15 is 0 Å². The highest BCUT2D eigenvalue weighted by Crippen LogP contribution is 2.30. The summed E-state index contributed by atoms with van der Waals surface area (Å²) in [6, 6.07) is 4.81. The number of carbonyl (C=O) groups excluding carboxylic acids is 2. The molecule has 26 heavy (non-hydrogen) atoms. The first-order valence-corrected chi connectivity index (χ1v) is 8.64. The predicted molar refractivity (Wildman–Crippen MR) is 94.7 cm³/mol. The number of aryl methyl sites for hydroxylation is 1. The molecule has 9 heteroatoms. The number of rotatable bonds is 4. The Morgan fingerprint density at radius 2 is 2.15 bits per heavy atom. The van der Waals surface area contributed by atoms with Crippen molar-refractivity contribution in [3.63, 3.8) is 0 Å². The molecule has 0 bridgehead atoms. The molecule has 2 N–H and O–H groups in total. The van der Waals surface area contributed by atoms with Gasteiger partial charge in [0.15, 0.2) is 0 Å². The number of nitrogens with zero attached hydrogens (tertiary/aromatic N) is 4. The Morgan fingerprint density at radius 1 is 1.27 bits per heavy atom. The van der Waals surface area contributed by atoms with Gasteiger partial charge in [-0.3, -0.25) is 19.6 Å². The van der Waals surface area contributed by atoms with Gasteiger partial charge in [0.05, 0.1) is 12.8 Å². The lowest BCUT2D eigenvalue weighted by molar-refractivity contribution is 0.102. The lowest BCUT2D eigenvalue weighted by Gasteiger charge is -2.19. The fourth-order valence-electron chi connectivity index (χ4n) is 3.32. The van der Waals surface area contributed by atoms with E-state index in [1.807, 2.05) is 4.57 Å². The Bertz CT molecular complexity index is 862. The number of nitrogens with one attached hydrogen (secondary N) is 2. The van der Waals surface area contributed by atoms with E-state index in [-0.39, 0.29) is 11.9 Å². The van der Waals surface area contributed by atoms with Gasteiger partial charge >= 0.3 is 6.03 Å². The Balaban J connectivity index is 1.60. The lowest BCUT2D eigenvalue weighted by Crippen LogP contribution is -2.28. The zero-order chi connectivity index (χ0) is 18.1. The van der Waals surface area contributed by atoms with Crippen LogP contribution < -0.4 is 20.3 Å². The first-order chi connectivity index (χ1) is 12.7. The van der Waals surface area contributed by atoms with Crippen molar-refractivity contribution in [2.75, 3.05) is 30.4 Å². The van der Waals surface area contributed by atoms with Crippen molar-refractivity contribution in [3.8, 4) is 5.75 Å². The molecule has 2 aliphatic heterocycles. The van der Waals surface area contributed by atoms with Crippen LogP contribution in [0.25, 0.3) is 0 Å². The molecule has 0 radical (unpaired) electrons. The van der Waals surface area contributed by atoms with Crippen molar-refractivity contribution in [2.45, 2.75) is 25.8 Å². The van der Waals surface area contributed by atoms with Gasteiger partial charge in [-0.15, -0.1) is 10.2 Å². The zero-order valence-corrected chi connectivity index (χ0v) is 14.5. The summed E-state index contributed by atoms with van der Waals surface area (Å²) in [4.78, 5) is 26.2. The summed E-state index contributed by atoms with van der Waals surface area (Å²) in [5.74, 6) is 1.60. The quantitative estimate of drug-likeness (QED) is 0.862. The van der Waals surface area contributed by atoms with Crippen LogP contribution in [0.4, 0.5) is 16.4 Å². The molecular weight excluding hydrogens is 336 g/mol. The second-order valence-corrected chi connectivity index (χ2v) is 6.27. The number of carbonyl (C=O) groups is 2. The van der Waals surface area contributed by atoms with Crippen molar-refractivity contribution in [1.29, 1.82) is 0 Å². The third-order valence-electron chi connectivity index (χ3n) is 4.67. The number of anilines is 2. The van der Waals surface area contributed by atoms with Crippen LogP contribution in [0.1, 0.15) is 29.0 Å². The number of hydrogen-bond acceptors (Lipinski definition) is 5. The standard InChI is InChI=1S/C17H20N6O3/c1-26-13-6-5-11(10-12(13)22-9-7-18-17(22)25)15(24)19-16-21-20-14-4-2-3-8-23(14)16/h5-6,10H,2-4,7-9H2,1H3,(H,18,25)(H,19,21,24). The zero-order valence-electron chi connectivity index (χ0n) is 14.5. The van der Waals surface area contributed by atoms with E-state index in [2.05, 4.69) is 20.8 Å². The maximum absolute atomic E-state index is 12.7. The van der Waals surface area contributed by atoms with Crippen molar-refractivity contribution >= 4 is 23.6 Å². The SMILES string of the molecule is COc1ccc(C(=O)Nc2nnc3n2CCCC3)cc1N1CCNC1=O. The van der Waals surface area contributed by atoms with Gasteiger partial charge in [0.25, 0.3) is 5.91 Å². The molecule has 9 nitrogen and oxygen atoms in total. The minimum atomic E-state index is -0.297. The van der Waals surface area contributed by atoms with Crippen LogP contribution in [0.3, 0.4) is 0 Å². The lowest BCUT2D eigenvalue weighted by atomic mass is 10.1. The van der Waals surface area contributed by atoms with E-state index in [9.17, 15) is 9.59 Å². The molecule has 0 saturated carbocycles. The molecule has 3 amide bonds. The molecule has 1 aromatic heterocycles. The molecule has 1 saturated heterocycles. The third-order valence-corrected chi connectivity index (χ3v) is 4.67. The third kappa shape index (κ3) is 2.85. The van der Waals surface area contributed by atoms with Crippen LogP contribution in [0.2, 0.25) is 0 Å². The van der Waals surface area contributed by atoms with Gasteiger partial charge < -0.3 is 10.1 Å². The van der Waals surface area contributed by atoms with Crippen LogP contribution in [0.5, 0.6) is 5.75 Å². The van der Waals surface area contributed by atoms with E-state index in [4.69, 9.17) is 4.74 Å². The number of methoxy groups -OCH3 is 1. The molecule has 3 heterocycles. The van der Waals surface area contributed by atoms with Crippen molar-refractivity contribution in [2.24, 2.45) is 0 Å². The summed E-state index contributed by atoms with van der Waals surface area (Å²) in [5.41, 5.74) is 0.993. The highest BCUT2D eigenvalue weighted by atomic mass is 16.5. The Labute approximate surface area is 150 Å². The fraction of sp³-hybridized carbons (Fsp3) is 0.412. The summed E-state index contributed by atoms with van der Waals surface area (Å²) >= 11 is 0. The Kier molecular flexibility index (Phi) is 4.19. The fourth-order valence-corrected chi connectivity index (χ4v) is 3.32. The second-order valence-electron chi connectivity index (χ2n) is 6.27. The largest absolute Gasteiger partial charge is 0.495 e. The number of ether oxygens (including phenoxy) is 1. The average Bonchev–Trinajstić information content (AvgIpc) is 3.27. The molecule has 0 aliphatic carbocycles. The van der Waals surface area contributed by atoms with Crippen LogP contribution in [0.15, 0.2) is 18.2 Å². The molecule has 4 rings (SSSR count). The van der Waals surface area contributed by atoms with E-state index < -0.39 is 0 Å². The van der Waals surface area contributed by atoms with E-state index in [1.165, 1.54) is 7.11 Å². The summed E-state index contributed by atoms with van der Waals surface area (Å²) in [7, 11) is 1.54. The molecule has 1 aromatic carbocycles. The van der Waals surface area contributed by atoms with Crippen molar-refractivity contribution < 1.29 is 14.3 Å². The number of aromatic nitrogens is 3. The summed E-state index contributed by atoms with van der Waals surface area (Å²) in [6.07, 6.45) is 3.01. The molecule has 0 spiro atoms. The van der Waals surface area contributed by atoms with Crippen molar-refractivity contribution in [3.05, 3.63) is 29.6 Å². The topological polar surface area (TPSA) is 101 Å². The van der Waals surface area contributed by atoms with Gasteiger partial charge in [-0.25, -0.2) is 4.79 Å². The van der Waals surface area contributed by atoms with Gasteiger partial charge in [0, 0.05) is 31.6 Å².